The fourth-order valence-corrected chi connectivity index (χ4v) is 1.99. The van der Waals surface area contributed by atoms with E-state index in [0.717, 1.165) is 19.3 Å². The summed E-state index contributed by atoms with van der Waals surface area (Å²) in [5.41, 5.74) is 0. The molecule has 3 heteroatoms. The van der Waals surface area contributed by atoms with Crippen molar-refractivity contribution in [3.05, 3.63) is 11.5 Å². The summed E-state index contributed by atoms with van der Waals surface area (Å²) in [4.78, 5) is 0. The van der Waals surface area contributed by atoms with Crippen molar-refractivity contribution in [2.45, 2.75) is 33.1 Å². The van der Waals surface area contributed by atoms with Crippen LogP contribution < -0.4 is 0 Å². The molecule has 0 aliphatic heterocycles. The maximum atomic E-state index is 11.0. The molecule has 66 valence electrons. The summed E-state index contributed by atoms with van der Waals surface area (Å²) >= 11 is 0. The number of hydrogen-bond acceptors (Lipinski definition) is 2. The molecule has 0 spiro atoms. The molecule has 0 atom stereocenters. The number of hydrogen-bond donors (Lipinski definition) is 0. The summed E-state index contributed by atoms with van der Waals surface area (Å²) in [6.07, 6.45) is 4.41. The van der Waals surface area contributed by atoms with Gasteiger partial charge in [0.25, 0.3) is 0 Å². The number of sulfone groups is 1. The summed E-state index contributed by atoms with van der Waals surface area (Å²) in [7, 11) is -2.88. The van der Waals surface area contributed by atoms with Gasteiger partial charge in [0.05, 0.1) is 5.75 Å². The Bertz CT molecular complexity index is 202. The zero-order valence-corrected chi connectivity index (χ0v) is 8.02. The molecule has 0 aromatic carbocycles. The lowest BCUT2D eigenvalue weighted by Gasteiger charge is -1.96. The van der Waals surface area contributed by atoms with Crippen molar-refractivity contribution in [1.82, 2.24) is 0 Å². The first-order valence-corrected chi connectivity index (χ1v) is 5.69. The Kier molecular flexibility index (Phi) is 5.20. The van der Waals surface area contributed by atoms with Gasteiger partial charge in [-0.3, -0.25) is 0 Å². The van der Waals surface area contributed by atoms with Gasteiger partial charge in [0.15, 0.2) is 9.84 Å². The van der Waals surface area contributed by atoms with Gasteiger partial charge in [-0.2, -0.15) is 0 Å². The van der Waals surface area contributed by atoms with Crippen LogP contribution in [0.25, 0.3) is 0 Å². The van der Waals surface area contributed by atoms with E-state index in [1.54, 1.807) is 13.0 Å². The lowest BCUT2D eigenvalue weighted by Crippen LogP contribution is -2.01. The molecule has 0 aliphatic carbocycles. The lowest BCUT2D eigenvalue weighted by molar-refractivity contribution is 0.599. The fourth-order valence-electron chi connectivity index (χ4n) is 0.829. The largest absolute Gasteiger partial charge is 0.224 e. The van der Waals surface area contributed by atoms with Crippen LogP contribution in [0.2, 0.25) is 0 Å². The highest BCUT2D eigenvalue weighted by Gasteiger charge is 2.02. The van der Waals surface area contributed by atoms with E-state index in [1.807, 2.05) is 0 Å². The van der Waals surface area contributed by atoms with Crippen LogP contribution in [0.3, 0.4) is 0 Å². The van der Waals surface area contributed by atoms with Crippen LogP contribution in [-0.4, -0.2) is 14.2 Å². The molecule has 0 saturated heterocycles. The molecule has 0 amide bonds. The molecule has 0 aliphatic rings. The van der Waals surface area contributed by atoms with Crippen molar-refractivity contribution in [2.75, 3.05) is 5.75 Å². The minimum atomic E-state index is -2.88. The molecule has 2 nitrogen and oxygen atoms in total. The van der Waals surface area contributed by atoms with Gasteiger partial charge in [-0.05, 0) is 13.3 Å². The minimum Gasteiger partial charge on any atom is -0.224 e. The Labute approximate surface area is 69.2 Å². The predicted molar refractivity (Wildman–Crippen MR) is 48.1 cm³/mol. The molecule has 0 radical (unpaired) electrons. The molecule has 0 aromatic heterocycles. The van der Waals surface area contributed by atoms with Crippen molar-refractivity contribution in [3.63, 3.8) is 0 Å². The molecule has 11 heavy (non-hydrogen) atoms. The number of unbranched alkanes of at least 4 members (excludes halogenated alkanes) is 2. The first kappa shape index (κ1) is 10.7. The monoisotopic (exact) mass is 176 g/mol. The van der Waals surface area contributed by atoms with E-state index in [9.17, 15) is 8.42 Å². The molecule has 0 heterocycles. The standard InChI is InChI=1S/C8H16O2S/c1-3-5-6-8-11(9,10)7-4-2/h4,7H,3,5-6,8H2,1-2H3. The molecular formula is C8H16O2S. The summed E-state index contributed by atoms with van der Waals surface area (Å²) in [6, 6.07) is 0. The smallest absolute Gasteiger partial charge is 0.171 e. The van der Waals surface area contributed by atoms with Gasteiger partial charge in [0.1, 0.15) is 0 Å². The van der Waals surface area contributed by atoms with Crippen molar-refractivity contribution in [1.29, 1.82) is 0 Å². The second-order valence-corrected chi connectivity index (χ2v) is 4.55. The zero-order valence-electron chi connectivity index (χ0n) is 7.21. The van der Waals surface area contributed by atoms with E-state index in [1.165, 1.54) is 5.41 Å². The summed E-state index contributed by atoms with van der Waals surface area (Å²) in [5, 5.41) is 1.28. The predicted octanol–water partition coefficient (Wildman–Crippen LogP) is 2.12. The summed E-state index contributed by atoms with van der Waals surface area (Å²) in [5.74, 6) is 0.297. The van der Waals surface area contributed by atoms with Crippen LogP contribution in [0.4, 0.5) is 0 Å². The van der Waals surface area contributed by atoms with Crippen molar-refractivity contribution in [3.8, 4) is 0 Å². The molecule has 0 saturated carbocycles. The van der Waals surface area contributed by atoms with Gasteiger partial charge < -0.3 is 0 Å². The van der Waals surface area contributed by atoms with Crippen LogP contribution >= 0.6 is 0 Å². The molecule has 0 unspecified atom stereocenters. The quantitative estimate of drug-likeness (QED) is 0.601. The zero-order chi connectivity index (χ0) is 8.74. The summed E-state index contributed by atoms with van der Waals surface area (Å²) < 4.78 is 22.0. The van der Waals surface area contributed by atoms with E-state index >= 15 is 0 Å². The van der Waals surface area contributed by atoms with E-state index in [4.69, 9.17) is 0 Å². The topological polar surface area (TPSA) is 34.1 Å². The van der Waals surface area contributed by atoms with E-state index < -0.39 is 9.84 Å². The van der Waals surface area contributed by atoms with Crippen molar-refractivity contribution < 1.29 is 8.42 Å². The Morgan fingerprint density at radius 2 is 1.91 bits per heavy atom. The van der Waals surface area contributed by atoms with Gasteiger partial charge in [-0.1, -0.05) is 25.8 Å². The molecule has 0 N–H and O–H groups in total. The van der Waals surface area contributed by atoms with Gasteiger partial charge in [-0.15, -0.1) is 0 Å². The highest BCUT2D eigenvalue weighted by Crippen LogP contribution is 2.00. The van der Waals surface area contributed by atoms with Crippen LogP contribution in [0, 0.1) is 0 Å². The SMILES string of the molecule is CC=CS(=O)(=O)CCCCC. The number of allylic oxidation sites excluding steroid dienone is 1. The minimum absolute atomic E-state index is 0.297. The Morgan fingerprint density at radius 1 is 1.27 bits per heavy atom. The maximum absolute atomic E-state index is 11.0. The second kappa shape index (κ2) is 5.35. The molecule has 0 rings (SSSR count). The third-order valence-corrected chi connectivity index (χ3v) is 2.92. The van der Waals surface area contributed by atoms with Gasteiger partial charge in [0.2, 0.25) is 0 Å². The van der Waals surface area contributed by atoms with Crippen molar-refractivity contribution in [2.24, 2.45) is 0 Å². The molecule has 0 fully saturated rings. The van der Waals surface area contributed by atoms with E-state index in [-0.39, 0.29) is 0 Å². The first-order chi connectivity index (χ1) is 5.12. The molecular weight excluding hydrogens is 160 g/mol. The van der Waals surface area contributed by atoms with Gasteiger partial charge in [-0.25, -0.2) is 8.42 Å². The van der Waals surface area contributed by atoms with E-state index in [2.05, 4.69) is 6.92 Å². The third-order valence-electron chi connectivity index (χ3n) is 1.38. The highest BCUT2D eigenvalue weighted by molar-refractivity contribution is 7.94. The second-order valence-electron chi connectivity index (χ2n) is 2.54. The Balaban J connectivity index is 3.75. The first-order valence-electron chi connectivity index (χ1n) is 3.98. The van der Waals surface area contributed by atoms with Crippen molar-refractivity contribution >= 4 is 9.84 Å². The summed E-state index contributed by atoms with van der Waals surface area (Å²) in [6.45, 7) is 3.78. The Morgan fingerprint density at radius 3 is 2.36 bits per heavy atom. The third kappa shape index (κ3) is 6.10. The maximum Gasteiger partial charge on any atom is 0.171 e. The van der Waals surface area contributed by atoms with Gasteiger partial charge in [0, 0.05) is 5.41 Å². The molecule has 0 aromatic rings. The highest BCUT2D eigenvalue weighted by atomic mass is 32.2. The molecule has 0 bridgehead atoms. The fraction of sp³-hybridized carbons (Fsp3) is 0.750. The van der Waals surface area contributed by atoms with Crippen LogP contribution in [-0.2, 0) is 9.84 Å². The van der Waals surface area contributed by atoms with Crippen LogP contribution in [0.15, 0.2) is 11.5 Å². The normalized spacial score (nSPS) is 12.5. The number of rotatable bonds is 5. The lowest BCUT2D eigenvalue weighted by atomic mass is 10.3. The average Bonchev–Trinajstić information content (AvgIpc) is 1.87. The van der Waals surface area contributed by atoms with Crippen LogP contribution in [0.5, 0.6) is 0 Å². The Hall–Kier alpha value is -0.310. The average molecular weight is 176 g/mol. The van der Waals surface area contributed by atoms with E-state index in [0.29, 0.717) is 5.75 Å². The van der Waals surface area contributed by atoms with Gasteiger partial charge >= 0.3 is 0 Å². The van der Waals surface area contributed by atoms with Crippen LogP contribution in [0.1, 0.15) is 33.1 Å².